The quantitative estimate of drug-likeness (QED) is 0.884. The molecule has 1 fully saturated rings. The summed E-state index contributed by atoms with van der Waals surface area (Å²) in [5, 5.41) is 2.98. The van der Waals surface area contributed by atoms with Gasteiger partial charge in [0.25, 0.3) is 5.91 Å². The summed E-state index contributed by atoms with van der Waals surface area (Å²) in [6, 6.07) is 13.4. The van der Waals surface area contributed by atoms with Gasteiger partial charge in [-0.25, -0.2) is 0 Å². The number of hydrogen-bond acceptors (Lipinski definition) is 3. The van der Waals surface area contributed by atoms with Crippen LogP contribution in [0.15, 0.2) is 53.5 Å². The third-order valence-electron chi connectivity index (χ3n) is 4.45. The smallest absolute Gasteiger partial charge is 0.252 e. The number of hydrogen-bond donors (Lipinski definition) is 2. The Labute approximate surface area is 141 Å². The largest absolute Gasteiger partial charge is 0.352 e. The third kappa shape index (κ3) is 4.55. The van der Waals surface area contributed by atoms with Gasteiger partial charge in [0.05, 0.1) is 5.56 Å². The van der Waals surface area contributed by atoms with Gasteiger partial charge in [-0.05, 0) is 36.9 Å². The van der Waals surface area contributed by atoms with E-state index in [-0.39, 0.29) is 11.5 Å². The topological polar surface area (TPSA) is 65.2 Å². The molecule has 0 saturated carbocycles. The molecule has 1 amide bonds. The molecular formula is C19H23N3O2. The Morgan fingerprint density at radius 2 is 2.04 bits per heavy atom. The molecule has 2 aromatic rings. The number of aromatic amines is 1. The van der Waals surface area contributed by atoms with Crippen molar-refractivity contribution >= 4 is 5.91 Å². The third-order valence-corrected chi connectivity index (χ3v) is 4.45. The Hall–Kier alpha value is -2.40. The SMILES string of the molecule is O=C(NC[C@H]1CCCN(Cc2ccccc2)C1)c1ccc(=O)[nH]c1. The standard InChI is InChI=1S/C19H23N3O2/c23-18-9-8-17(12-20-18)19(24)21-11-16-7-4-10-22(14-16)13-15-5-2-1-3-6-15/h1-3,5-6,8-9,12,16H,4,7,10-11,13-14H2,(H,20,23)(H,21,24)/t16-/m1/s1. The molecule has 2 N–H and O–H groups in total. The van der Waals surface area contributed by atoms with Crippen LogP contribution in [0.2, 0.25) is 0 Å². The number of benzene rings is 1. The molecule has 1 aliphatic rings. The van der Waals surface area contributed by atoms with Crippen LogP contribution in [-0.4, -0.2) is 35.4 Å². The molecule has 0 spiro atoms. The van der Waals surface area contributed by atoms with E-state index in [4.69, 9.17) is 0 Å². The van der Waals surface area contributed by atoms with E-state index in [9.17, 15) is 9.59 Å². The fraction of sp³-hybridized carbons (Fsp3) is 0.368. The maximum Gasteiger partial charge on any atom is 0.252 e. The zero-order valence-electron chi connectivity index (χ0n) is 13.7. The van der Waals surface area contributed by atoms with Crippen LogP contribution >= 0.6 is 0 Å². The van der Waals surface area contributed by atoms with E-state index in [1.807, 2.05) is 6.07 Å². The van der Waals surface area contributed by atoms with Crippen LogP contribution in [0, 0.1) is 5.92 Å². The summed E-state index contributed by atoms with van der Waals surface area (Å²) in [5.41, 5.74) is 1.62. The van der Waals surface area contributed by atoms with E-state index in [0.29, 0.717) is 18.0 Å². The molecule has 1 aromatic carbocycles. The molecule has 5 heteroatoms. The monoisotopic (exact) mass is 325 g/mol. The van der Waals surface area contributed by atoms with E-state index in [1.54, 1.807) is 6.07 Å². The van der Waals surface area contributed by atoms with Gasteiger partial charge >= 0.3 is 0 Å². The minimum Gasteiger partial charge on any atom is -0.352 e. The van der Waals surface area contributed by atoms with Crippen LogP contribution in [0.3, 0.4) is 0 Å². The highest BCUT2D eigenvalue weighted by Crippen LogP contribution is 2.18. The first-order chi connectivity index (χ1) is 11.7. The number of nitrogens with zero attached hydrogens (tertiary/aromatic N) is 1. The number of nitrogens with one attached hydrogen (secondary N) is 2. The van der Waals surface area contributed by atoms with Crippen molar-refractivity contribution < 1.29 is 4.79 Å². The van der Waals surface area contributed by atoms with Crippen LogP contribution in [0.4, 0.5) is 0 Å². The highest BCUT2D eigenvalue weighted by atomic mass is 16.1. The van der Waals surface area contributed by atoms with Gasteiger partial charge in [0.1, 0.15) is 0 Å². The predicted octanol–water partition coefficient (Wildman–Crippen LogP) is 2.02. The van der Waals surface area contributed by atoms with E-state index < -0.39 is 0 Å². The van der Waals surface area contributed by atoms with E-state index in [1.165, 1.54) is 17.8 Å². The molecule has 0 bridgehead atoms. The van der Waals surface area contributed by atoms with Gasteiger partial charge < -0.3 is 10.3 Å². The Morgan fingerprint density at radius 1 is 1.21 bits per heavy atom. The van der Waals surface area contributed by atoms with Crippen LogP contribution in [-0.2, 0) is 6.54 Å². The Balaban J connectivity index is 1.49. The maximum atomic E-state index is 12.1. The molecule has 0 aliphatic carbocycles. The summed E-state index contributed by atoms with van der Waals surface area (Å²) in [6.45, 7) is 3.74. The number of piperidine rings is 1. The minimum absolute atomic E-state index is 0.133. The average Bonchev–Trinajstić information content (AvgIpc) is 2.61. The van der Waals surface area contributed by atoms with Crippen LogP contribution < -0.4 is 10.9 Å². The van der Waals surface area contributed by atoms with Crippen molar-refractivity contribution in [2.45, 2.75) is 19.4 Å². The number of pyridine rings is 1. The summed E-state index contributed by atoms with van der Waals surface area (Å²) in [5.74, 6) is 0.334. The Kier molecular flexibility index (Phi) is 5.43. The Bertz CT molecular complexity index is 706. The van der Waals surface area contributed by atoms with Crippen molar-refractivity contribution in [3.63, 3.8) is 0 Å². The van der Waals surface area contributed by atoms with E-state index in [2.05, 4.69) is 39.5 Å². The second kappa shape index (κ2) is 7.93. The van der Waals surface area contributed by atoms with Crippen molar-refractivity contribution in [1.29, 1.82) is 0 Å². The first-order valence-electron chi connectivity index (χ1n) is 8.44. The Morgan fingerprint density at radius 3 is 2.79 bits per heavy atom. The van der Waals surface area contributed by atoms with Gasteiger partial charge in [-0.15, -0.1) is 0 Å². The zero-order chi connectivity index (χ0) is 16.8. The number of likely N-dealkylation sites (tertiary alicyclic amines) is 1. The number of carbonyl (C=O) groups excluding carboxylic acids is 1. The van der Waals surface area contributed by atoms with Gasteiger partial charge in [0.2, 0.25) is 5.56 Å². The molecule has 0 radical (unpaired) electrons. The molecule has 1 aliphatic heterocycles. The molecule has 5 nitrogen and oxygen atoms in total. The summed E-state index contributed by atoms with van der Waals surface area (Å²) < 4.78 is 0. The number of aromatic nitrogens is 1. The molecule has 1 aromatic heterocycles. The fourth-order valence-electron chi connectivity index (χ4n) is 3.19. The van der Waals surface area contributed by atoms with Crippen LogP contribution in [0.1, 0.15) is 28.8 Å². The van der Waals surface area contributed by atoms with Gasteiger partial charge in [0.15, 0.2) is 0 Å². The maximum absolute atomic E-state index is 12.1. The van der Waals surface area contributed by atoms with Crippen molar-refractivity contribution in [1.82, 2.24) is 15.2 Å². The minimum atomic E-state index is -0.199. The normalized spacial score (nSPS) is 18.2. The highest BCUT2D eigenvalue weighted by Gasteiger charge is 2.20. The van der Waals surface area contributed by atoms with Gasteiger partial charge in [-0.3, -0.25) is 14.5 Å². The fourth-order valence-corrected chi connectivity index (χ4v) is 3.19. The average molecular weight is 325 g/mol. The van der Waals surface area contributed by atoms with Crippen molar-refractivity contribution in [2.24, 2.45) is 5.92 Å². The number of H-pyrrole nitrogens is 1. The summed E-state index contributed by atoms with van der Waals surface area (Å²) in [6.07, 6.45) is 3.75. The molecule has 0 unspecified atom stereocenters. The van der Waals surface area contributed by atoms with Crippen LogP contribution in [0.25, 0.3) is 0 Å². The molecule has 126 valence electrons. The lowest BCUT2D eigenvalue weighted by molar-refractivity contribution is 0.0930. The van der Waals surface area contributed by atoms with Crippen molar-refractivity contribution in [2.75, 3.05) is 19.6 Å². The number of carbonyl (C=O) groups is 1. The molecule has 24 heavy (non-hydrogen) atoms. The second-order valence-corrected chi connectivity index (χ2v) is 6.38. The second-order valence-electron chi connectivity index (χ2n) is 6.38. The first-order valence-corrected chi connectivity index (χ1v) is 8.44. The van der Waals surface area contributed by atoms with E-state index >= 15 is 0 Å². The lowest BCUT2D eigenvalue weighted by Gasteiger charge is -2.32. The molecule has 1 saturated heterocycles. The highest BCUT2D eigenvalue weighted by molar-refractivity contribution is 5.93. The van der Waals surface area contributed by atoms with Crippen LogP contribution in [0.5, 0.6) is 0 Å². The number of amides is 1. The van der Waals surface area contributed by atoms with Crippen molar-refractivity contribution in [3.05, 3.63) is 70.1 Å². The van der Waals surface area contributed by atoms with E-state index in [0.717, 1.165) is 32.5 Å². The lowest BCUT2D eigenvalue weighted by Crippen LogP contribution is -2.40. The van der Waals surface area contributed by atoms with Crippen molar-refractivity contribution in [3.8, 4) is 0 Å². The summed E-state index contributed by atoms with van der Waals surface area (Å²) in [7, 11) is 0. The van der Waals surface area contributed by atoms with Gasteiger partial charge in [-0.1, -0.05) is 30.3 Å². The molecule has 2 heterocycles. The number of rotatable bonds is 5. The predicted molar refractivity (Wildman–Crippen MR) is 93.8 cm³/mol. The van der Waals surface area contributed by atoms with Gasteiger partial charge in [-0.2, -0.15) is 0 Å². The summed E-state index contributed by atoms with van der Waals surface area (Å²) >= 11 is 0. The summed E-state index contributed by atoms with van der Waals surface area (Å²) in [4.78, 5) is 28.1. The lowest BCUT2D eigenvalue weighted by atomic mass is 9.97. The first kappa shape index (κ1) is 16.5. The zero-order valence-corrected chi connectivity index (χ0v) is 13.7. The molecule has 1 atom stereocenters. The molecular weight excluding hydrogens is 302 g/mol. The van der Waals surface area contributed by atoms with Gasteiger partial charge in [0, 0.05) is 31.9 Å². The molecule has 3 rings (SSSR count).